The van der Waals surface area contributed by atoms with Crippen LogP contribution in [0.5, 0.6) is 5.75 Å². The van der Waals surface area contributed by atoms with E-state index in [2.05, 4.69) is 5.10 Å². The molecule has 1 aromatic carbocycles. The zero-order chi connectivity index (χ0) is 13.3. The zero-order valence-electron chi connectivity index (χ0n) is 10.6. The number of phenolic OH excluding ortho intramolecular Hbond substituents is 1. The van der Waals surface area contributed by atoms with Crippen molar-refractivity contribution in [3.63, 3.8) is 0 Å². The minimum atomic E-state index is -0.179. The number of nitrogens with zero attached hydrogens (tertiary/aromatic N) is 3. The Hall–Kier alpha value is -2.30. The molecule has 0 bridgehead atoms. The molecule has 1 aliphatic heterocycles. The fraction of sp³-hybridized carbons (Fsp3) is 0.231. The maximum Gasteiger partial charge on any atom is 0.277 e. The summed E-state index contributed by atoms with van der Waals surface area (Å²) in [5.41, 5.74) is 1.53. The molecule has 0 aromatic heterocycles. The van der Waals surface area contributed by atoms with Crippen LogP contribution in [0.25, 0.3) is 0 Å². The highest BCUT2D eigenvalue weighted by Crippen LogP contribution is 2.25. The van der Waals surface area contributed by atoms with Crippen LogP contribution in [0.3, 0.4) is 0 Å². The van der Waals surface area contributed by atoms with E-state index in [9.17, 15) is 9.90 Å². The molecule has 5 nitrogen and oxygen atoms in total. The summed E-state index contributed by atoms with van der Waals surface area (Å²) in [6.45, 7) is 0. The predicted octanol–water partition coefficient (Wildman–Crippen LogP) is 1.01. The number of aromatic hydroxyl groups is 1. The maximum absolute atomic E-state index is 12.0. The molecule has 0 atom stereocenters. The van der Waals surface area contributed by atoms with Crippen molar-refractivity contribution in [3.8, 4) is 5.75 Å². The van der Waals surface area contributed by atoms with Crippen molar-refractivity contribution < 1.29 is 9.90 Å². The van der Waals surface area contributed by atoms with Gasteiger partial charge in [-0.3, -0.25) is 4.79 Å². The molecule has 0 aliphatic carbocycles. The van der Waals surface area contributed by atoms with Crippen LogP contribution in [0.1, 0.15) is 5.56 Å². The molecular weight excluding hydrogens is 230 g/mol. The third-order valence-electron chi connectivity index (χ3n) is 2.58. The first-order valence-corrected chi connectivity index (χ1v) is 5.54. The smallest absolute Gasteiger partial charge is 0.277 e. The average molecular weight is 245 g/mol. The Morgan fingerprint density at radius 1 is 1.33 bits per heavy atom. The van der Waals surface area contributed by atoms with Crippen LogP contribution >= 0.6 is 0 Å². The summed E-state index contributed by atoms with van der Waals surface area (Å²) >= 11 is 0. The third-order valence-corrected chi connectivity index (χ3v) is 2.58. The lowest BCUT2D eigenvalue weighted by Crippen LogP contribution is -2.19. The monoisotopic (exact) mass is 245 g/mol. The number of carbonyl (C=O) groups is 1. The van der Waals surface area contributed by atoms with E-state index < -0.39 is 0 Å². The lowest BCUT2D eigenvalue weighted by atomic mass is 10.0. The summed E-state index contributed by atoms with van der Waals surface area (Å²) in [6.07, 6.45) is 1.71. The van der Waals surface area contributed by atoms with Gasteiger partial charge in [0.15, 0.2) is 0 Å². The van der Waals surface area contributed by atoms with Crippen molar-refractivity contribution in [1.29, 1.82) is 0 Å². The van der Waals surface area contributed by atoms with Crippen LogP contribution in [-0.2, 0) is 4.79 Å². The number of hydrazone groups is 1. The van der Waals surface area contributed by atoms with E-state index in [-0.39, 0.29) is 11.7 Å². The molecule has 0 radical (unpaired) electrons. The standard InChI is InChI=1S/C13H15N3O2/c1-15(2)8-10-12(14-16(3)13(10)18)9-6-4-5-7-11(9)17/h4-8,17H,1-3H3/b10-8+. The van der Waals surface area contributed by atoms with Crippen LogP contribution in [0.2, 0.25) is 0 Å². The van der Waals surface area contributed by atoms with Gasteiger partial charge in [-0.15, -0.1) is 0 Å². The van der Waals surface area contributed by atoms with Gasteiger partial charge in [0, 0.05) is 32.9 Å². The first kappa shape index (κ1) is 12.2. The summed E-state index contributed by atoms with van der Waals surface area (Å²) in [4.78, 5) is 13.8. The zero-order valence-corrected chi connectivity index (χ0v) is 10.6. The van der Waals surface area contributed by atoms with Crippen LogP contribution in [0.4, 0.5) is 0 Å². The van der Waals surface area contributed by atoms with E-state index in [1.807, 2.05) is 14.1 Å². The molecule has 5 heteroatoms. The van der Waals surface area contributed by atoms with Gasteiger partial charge in [0.25, 0.3) is 5.91 Å². The lowest BCUT2D eigenvalue weighted by molar-refractivity contribution is -0.124. The van der Waals surface area contributed by atoms with Gasteiger partial charge in [0.2, 0.25) is 0 Å². The van der Waals surface area contributed by atoms with Crippen LogP contribution < -0.4 is 0 Å². The van der Waals surface area contributed by atoms with E-state index in [0.29, 0.717) is 16.8 Å². The van der Waals surface area contributed by atoms with Crippen molar-refractivity contribution in [2.24, 2.45) is 5.10 Å². The van der Waals surface area contributed by atoms with Gasteiger partial charge in [-0.1, -0.05) is 12.1 Å². The second kappa shape index (κ2) is 4.52. The van der Waals surface area contributed by atoms with Crippen molar-refractivity contribution >= 4 is 11.6 Å². The Balaban J connectivity index is 2.52. The largest absolute Gasteiger partial charge is 0.507 e. The highest BCUT2D eigenvalue weighted by atomic mass is 16.3. The predicted molar refractivity (Wildman–Crippen MR) is 69.2 cm³/mol. The summed E-state index contributed by atoms with van der Waals surface area (Å²) in [6, 6.07) is 6.85. The van der Waals surface area contributed by atoms with Crippen molar-refractivity contribution in [2.75, 3.05) is 21.1 Å². The van der Waals surface area contributed by atoms with Crippen LogP contribution in [0, 0.1) is 0 Å². The van der Waals surface area contributed by atoms with Gasteiger partial charge in [0.1, 0.15) is 11.5 Å². The van der Waals surface area contributed by atoms with E-state index in [4.69, 9.17) is 0 Å². The number of phenols is 1. The van der Waals surface area contributed by atoms with Crippen molar-refractivity contribution in [1.82, 2.24) is 9.91 Å². The van der Waals surface area contributed by atoms with E-state index in [0.717, 1.165) is 0 Å². The first-order valence-electron chi connectivity index (χ1n) is 5.54. The highest BCUT2D eigenvalue weighted by molar-refractivity contribution is 6.31. The maximum atomic E-state index is 12.0. The fourth-order valence-electron chi connectivity index (χ4n) is 1.77. The van der Waals surface area contributed by atoms with E-state index >= 15 is 0 Å². The fourth-order valence-corrected chi connectivity index (χ4v) is 1.77. The second-order valence-electron chi connectivity index (χ2n) is 4.30. The molecule has 0 fully saturated rings. The molecule has 0 spiro atoms. The molecule has 0 unspecified atom stereocenters. The molecule has 1 heterocycles. The second-order valence-corrected chi connectivity index (χ2v) is 4.30. The quantitative estimate of drug-likeness (QED) is 0.791. The molecule has 18 heavy (non-hydrogen) atoms. The van der Waals surface area contributed by atoms with Gasteiger partial charge >= 0.3 is 0 Å². The minimum absolute atomic E-state index is 0.115. The minimum Gasteiger partial charge on any atom is -0.507 e. The Labute approximate surface area is 106 Å². The summed E-state index contributed by atoms with van der Waals surface area (Å²) in [5.74, 6) is -0.0639. The molecule has 94 valence electrons. The highest BCUT2D eigenvalue weighted by Gasteiger charge is 2.29. The molecule has 0 saturated heterocycles. The number of rotatable bonds is 2. The molecule has 2 rings (SSSR count). The number of hydrogen-bond acceptors (Lipinski definition) is 4. The summed E-state index contributed by atoms with van der Waals surface area (Å²) in [7, 11) is 5.26. The molecule has 0 saturated carbocycles. The summed E-state index contributed by atoms with van der Waals surface area (Å²) < 4.78 is 0. The third kappa shape index (κ3) is 2.07. The van der Waals surface area contributed by atoms with Crippen LogP contribution in [0.15, 0.2) is 41.1 Å². The van der Waals surface area contributed by atoms with Gasteiger partial charge in [-0.2, -0.15) is 5.10 Å². The van der Waals surface area contributed by atoms with Gasteiger partial charge < -0.3 is 10.0 Å². The summed E-state index contributed by atoms with van der Waals surface area (Å²) in [5, 5.41) is 15.3. The number of likely N-dealkylation sites (N-methyl/N-ethyl adjacent to an activating group) is 1. The van der Waals surface area contributed by atoms with Crippen LogP contribution in [-0.4, -0.2) is 47.8 Å². The van der Waals surface area contributed by atoms with E-state index in [1.165, 1.54) is 5.01 Å². The molecule has 1 aliphatic rings. The Bertz CT molecular complexity index is 547. The average Bonchev–Trinajstić information content (AvgIpc) is 2.57. The molecule has 1 aromatic rings. The topological polar surface area (TPSA) is 56.1 Å². The van der Waals surface area contributed by atoms with Gasteiger partial charge in [-0.05, 0) is 12.1 Å². The SMILES string of the molecule is CN(C)/C=C1/C(=O)N(C)N=C1c1ccccc1O. The van der Waals surface area contributed by atoms with Crippen molar-refractivity contribution in [2.45, 2.75) is 0 Å². The lowest BCUT2D eigenvalue weighted by Gasteiger charge is -2.08. The van der Waals surface area contributed by atoms with Crippen molar-refractivity contribution in [3.05, 3.63) is 41.6 Å². The normalized spacial score (nSPS) is 17.3. The molecule has 1 amide bonds. The first-order chi connectivity index (χ1) is 8.50. The number of carbonyl (C=O) groups excluding carboxylic acids is 1. The number of amides is 1. The number of para-hydroxylation sites is 1. The van der Waals surface area contributed by atoms with E-state index in [1.54, 1.807) is 42.4 Å². The Morgan fingerprint density at radius 2 is 2.00 bits per heavy atom. The molecular formula is C13H15N3O2. The van der Waals surface area contributed by atoms with Gasteiger partial charge in [0.05, 0.1) is 5.57 Å². The Morgan fingerprint density at radius 3 is 2.61 bits per heavy atom. The van der Waals surface area contributed by atoms with Gasteiger partial charge in [-0.25, -0.2) is 5.01 Å². The Kier molecular flexibility index (Phi) is 3.06. The molecule has 1 N–H and O–H groups in total. The number of benzene rings is 1. The number of hydrogen-bond donors (Lipinski definition) is 1.